The number of ketones is 1. The maximum absolute atomic E-state index is 12.2. The first-order chi connectivity index (χ1) is 8.70. The van der Waals surface area contributed by atoms with Crippen molar-refractivity contribution in [3.8, 4) is 0 Å². The normalized spacial score (nSPS) is 13.9. The maximum Gasteiger partial charge on any atom is 0.168 e. The topological polar surface area (TPSA) is 37.3 Å². The Kier molecular flexibility index (Phi) is 3.90. The molecule has 2 aromatic rings. The van der Waals surface area contributed by atoms with Gasteiger partial charge >= 0.3 is 0 Å². The van der Waals surface area contributed by atoms with Crippen LogP contribution in [0.3, 0.4) is 0 Å². The van der Waals surface area contributed by atoms with Gasteiger partial charge in [-0.1, -0.05) is 67.6 Å². The average molecular weight is 240 g/mol. The van der Waals surface area contributed by atoms with Gasteiger partial charge in [-0.25, -0.2) is 0 Å². The van der Waals surface area contributed by atoms with Crippen LogP contribution in [0.15, 0.2) is 60.7 Å². The average Bonchev–Trinajstić information content (AvgIpc) is 2.47. The van der Waals surface area contributed by atoms with Crippen molar-refractivity contribution in [2.75, 3.05) is 0 Å². The third-order valence-electron chi connectivity index (χ3n) is 3.09. The van der Waals surface area contributed by atoms with Crippen LogP contribution in [-0.4, -0.2) is 10.9 Å². The smallest absolute Gasteiger partial charge is 0.168 e. The lowest BCUT2D eigenvalue weighted by atomic mass is 9.90. The maximum atomic E-state index is 12.2. The zero-order valence-corrected chi connectivity index (χ0v) is 10.3. The minimum Gasteiger partial charge on any atom is -0.388 e. The first kappa shape index (κ1) is 12.5. The lowest BCUT2D eigenvalue weighted by molar-refractivity contribution is 0.0714. The fraction of sp³-hybridized carbons (Fsp3) is 0.188. The molecule has 2 heteroatoms. The number of carbonyl (C=O) groups is 1. The molecule has 0 aromatic heterocycles. The van der Waals surface area contributed by atoms with Crippen molar-refractivity contribution in [1.82, 2.24) is 0 Å². The summed E-state index contributed by atoms with van der Waals surface area (Å²) >= 11 is 0. The van der Waals surface area contributed by atoms with Gasteiger partial charge in [0.2, 0.25) is 0 Å². The predicted octanol–water partition coefficient (Wildman–Crippen LogP) is 3.24. The lowest BCUT2D eigenvalue weighted by Gasteiger charge is -2.18. The van der Waals surface area contributed by atoms with E-state index >= 15 is 0 Å². The third kappa shape index (κ3) is 2.66. The molecule has 0 bridgehead atoms. The number of hydrogen-bond donors (Lipinski definition) is 1. The second kappa shape index (κ2) is 5.61. The van der Waals surface area contributed by atoms with Gasteiger partial charge in [0.25, 0.3) is 0 Å². The molecule has 92 valence electrons. The highest BCUT2D eigenvalue weighted by molar-refractivity contribution is 5.98. The molecule has 0 amide bonds. The van der Waals surface area contributed by atoms with E-state index in [0.29, 0.717) is 5.56 Å². The van der Waals surface area contributed by atoms with E-state index in [-0.39, 0.29) is 5.78 Å². The van der Waals surface area contributed by atoms with Gasteiger partial charge in [-0.3, -0.25) is 4.79 Å². The van der Waals surface area contributed by atoms with Crippen LogP contribution in [0.5, 0.6) is 0 Å². The highest BCUT2D eigenvalue weighted by Crippen LogP contribution is 2.24. The van der Waals surface area contributed by atoms with Crippen LogP contribution >= 0.6 is 0 Å². The lowest BCUT2D eigenvalue weighted by Crippen LogP contribution is -2.19. The van der Waals surface area contributed by atoms with Crippen LogP contribution in [-0.2, 0) is 0 Å². The molecule has 0 aliphatic carbocycles. The summed E-state index contributed by atoms with van der Waals surface area (Å²) in [5.41, 5.74) is 1.41. The number of carbonyl (C=O) groups excluding carboxylic acids is 1. The van der Waals surface area contributed by atoms with Crippen molar-refractivity contribution in [3.05, 3.63) is 71.8 Å². The van der Waals surface area contributed by atoms with Crippen LogP contribution in [0.1, 0.15) is 28.9 Å². The molecule has 0 spiro atoms. The van der Waals surface area contributed by atoms with Gasteiger partial charge in [-0.15, -0.1) is 0 Å². The SMILES string of the molecule is C[C@H](C(=O)c1ccccc1)[C@H](O)c1ccccc1. The second-order valence-corrected chi connectivity index (χ2v) is 4.37. The molecule has 0 saturated heterocycles. The number of benzene rings is 2. The molecule has 0 fully saturated rings. The Balaban J connectivity index is 2.17. The minimum absolute atomic E-state index is 0.0352. The summed E-state index contributed by atoms with van der Waals surface area (Å²) in [6.45, 7) is 1.76. The predicted molar refractivity (Wildman–Crippen MR) is 71.3 cm³/mol. The number of Topliss-reactive ketones (excluding diaryl/α,β-unsaturated/α-hetero) is 1. The van der Waals surface area contributed by atoms with Crippen LogP contribution in [0, 0.1) is 5.92 Å². The Morgan fingerprint density at radius 2 is 1.44 bits per heavy atom. The quantitative estimate of drug-likeness (QED) is 0.833. The Morgan fingerprint density at radius 1 is 0.944 bits per heavy atom. The standard InChI is InChI=1S/C16H16O2/c1-12(15(17)13-8-4-2-5-9-13)16(18)14-10-6-3-7-11-14/h2-12,15,17H,1H3/t12-,15-/m0/s1. The number of rotatable bonds is 4. The highest BCUT2D eigenvalue weighted by Gasteiger charge is 2.24. The van der Waals surface area contributed by atoms with Crippen LogP contribution in [0.4, 0.5) is 0 Å². The Bertz CT molecular complexity index is 505. The minimum atomic E-state index is -0.765. The van der Waals surface area contributed by atoms with E-state index in [1.54, 1.807) is 19.1 Å². The summed E-state index contributed by atoms with van der Waals surface area (Å²) in [5.74, 6) is -0.484. The molecule has 0 unspecified atom stereocenters. The van der Waals surface area contributed by atoms with E-state index < -0.39 is 12.0 Å². The molecule has 2 atom stereocenters. The van der Waals surface area contributed by atoms with Gasteiger partial charge in [-0.05, 0) is 5.56 Å². The zero-order chi connectivity index (χ0) is 13.0. The first-order valence-corrected chi connectivity index (χ1v) is 6.02. The van der Waals surface area contributed by atoms with Gasteiger partial charge in [0.15, 0.2) is 5.78 Å². The van der Waals surface area contributed by atoms with Gasteiger partial charge in [0.1, 0.15) is 0 Å². The van der Waals surface area contributed by atoms with E-state index in [2.05, 4.69) is 0 Å². The van der Waals surface area contributed by atoms with Gasteiger partial charge in [0.05, 0.1) is 6.10 Å². The van der Waals surface area contributed by atoms with Crippen molar-refractivity contribution in [1.29, 1.82) is 0 Å². The third-order valence-corrected chi connectivity index (χ3v) is 3.09. The van der Waals surface area contributed by atoms with Gasteiger partial charge < -0.3 is 5.11 Å². The summed E-state index contributed by atoms with van der Waals surface area (Å²) < 4.78 is 0. The number of aliphatic hydroxyl groups is 1. The molecule has 2 rings (SSSR count). The van der Waals surface area contributed by atoms with Crippen LogP contribution < -0.4 is 0 Å². The van der Waals surface area contributed by atoms with Crippen molar-refractivity contribution >= 4 is 5.78 Å². The molecule has 1 N–H and O–H groups in total. The largest absolute Gasteiger partial charge is 0.388 e. The van der Waals surface area contributed by atoms with Crippen molar-refractivity contribution < 1.29 is 9.90 Å². The van der Waals surface area contributed by atoms with Gasteiger partial charge in [-0.2, -0.15) is 0 Å². The molecular weight excluding hydrogens is 224 g/mol. The Labute approximate surface area is 107 Å². The molecule has 0 radical (unpaired) electrons. The van der Waals surface area contributed by atoms with E-state index in [0.717, 1.165) is 5.56 Å². The zero-order valence-electron chi connectivity index (χ0n) is 10.3. The summed E-state index contributed by atoms with van der Waals surface area (Å²) in [6, 6.07) is 18.3. The summed E-state index contributed by atoms with van der Waals surface area (Å²) in [4.78, 5) is 12.2. The van der Waals surface area contributed by atoms with E-state index in [4.69, 9.17) is 0 Å². The molecule has 2 nitrogen and oxygen atoms in total. The molecule has 0 aliphatic rings. The van der Waals surface area contributed by atoms with E-state index in [1.165, 1.54) is 0 Å². The van der Waals surface area contributed by atoms with Crippen LogP contribution in [0.2, 0.25) is 0 Å². The monoisotopic (exact) mass is 240 g/mol. The number of aliphatic hydroxyl groups excluding tert-OH is 1. The molecule has 0 heterocycles. The molecule has 18 heavy (non-hydrogen) atoms. The fourth-order valence-corrected chi connectivity index (χ4v) is 1.95. The summed E-state index contributed by atoms with van der Waals surface area (Å²) in [6.07, 6.45) is -0.765. The molecule has 0 aliphatic heterocycles. The first-order valence-electron chi connectivity index (χ1n) is 6.02. The highest BCUT2D eigenvalue weighted by atomic mass is 16.3. The fourth-order valence-electron chi connectivity index (χ4n) is 1.95. The van der Waals surface area contributed by atoms with Crippen LogP contribution in [0.25, 0.3) is 0 Å². The van der Waals surface area contributed by atoms with Crippen molar-refractivity contribution in [2.24, 2.45) is 5.92 Å². The van der Waals surface area contributed by atoms with E-state index in [1.807, 2.05) is 48.5 Å². The van der Waals surface area contributed by atoms with Gasteiger partial charge in [0, 0.05) is 11.5 Å². The van der Waals surface area contributed by atoms with E-state index in [9.17, 15) is 9.90 Å². The molecular formula is C16H16O2. The van der Waals surface area contributed by atoms with Crippen molar-refractivity contribution in [2.45, 2.75) is 13.0 Å². The molecule has 0 saturated carbocycles. The number of hydrogen-bond acceptors (Lipinski definition) is 2. The summed E-state index contributed by atoms with van der Waals surface area (Å²) in [5, 5.41) is 10.2. The summed E-state index contributed by atoms with van der Waals surface area (Å²) in [7, 11) is 0. The molecule has 2 aromatic carbocycles. The second-order valence-electron chi connectivity index (χ2n) is 4.37. The Morgan fingerprint density at radius 3 is 2.00 bits per heavy atom. The Hall–Kier alpha value is -1.93. The van der Waals surface area contributed by atoms with Crippen molar-refractivity contribution in [3.63, 3.8) is 0 Å².